The third kappa shape index (κ3) is 4.92. The highest BCUT2D eigenvalue weighted by Gasteiger charge is 2.36. The van der Waals surface area contributed by atoms with Crippen LogP contribution in [0.1, 0.15) is 29.2 Å². The van der Waals surface area contributed by atoms with Gasteiger partial charge in [-0.2, -0.15) is 15.1 Å². The van der Waals surface area contributed by atoms with Gasteiger partial charge in [0.2, 0.25) is 5.17 Å². The molecule has 3 aromatic rings. The number of amides is 1. The number of hydrogen-bond donors (Lipinski definition) is 1. The van der Waals surface area contributed by atoms with E-state index < -0.39 is 5.91 Å². The molecule has 1 amide bonds. The summed E-state index contributed by atoms with van der Waals surface area (Å²) >= 11 is 1.24. The number of hydrazone groups is 1. The number of amidine groups is 2. The lowest BCUT2D eigenvalue weighted by atomic mass is 10.1. The van der Waals surface area contributed by atoms with Gasteiger partial charge >= 0.3 is 0 Å². The molecule has 36 heavy (non-hydrogen) atoms. The van der Waals surface area contributed by atoms with Gasteiger partial charge in [-0.15, -0.1) is 0 Å². The fraction of sp³-hybridized carbons (Fsp3) is 0.148. The van der Waals surface area contributed by atoms with Crippen LogP contribution < -0.4 is 9.47 Å². The maximum Gasteiger partial charge on any atom is 0.283 e. The van der Waals surface area contributed by atoms with Gasteiger partial charge < -0.3 is 9.47 Å². The summed E-state index contributed by atoms with van der Waals surface area (Å²) < 4.78 is 11.8. The van der Waals surface area contributed by atoms with Crippen molar-refractivity contribution in [3.63, 3.8) is 0 Å². The van der Waals surface area contributed by atoms with Crippen molar-refractivity contribution in [3.8, 4) is 11.5 Å². The number of carbonyl (C=O) groups is 1. The molecule has 0 fully saturated rings. The third-order valence-electron chi connectivity index (χ3n) is 5.46. The van der Waals surface area contributed by atoms with Gasteiger partial charge in [-0.3, -0.25) is 15.2 Å². The van der Waals surface area contributed by atoms with Gasteiger partial charge in [-0.25, -0.2) is 0 Å². The van der Waals surface area contributed by atoms with E-state index in [1.54, 1.807) is 24.5 Å². The Hall–Kier alpha value is -4.24. The molecule has 2 aromatic carbocycles. The van der Waals surface area contributed by atoms with Crippen LogP contribution >= 0.6 is 11.8 Å². The number of hydrogen-bond acceptors (Lipinski definition) is 7. The lowest BCUT2D eigenvalue weighted by molar-refractivity contribution is -0.114. The van der Waals surface area contributed by atoms with Crippen LogP contribution in [0.25, 0.3) is 6.08 Å². The van der Waals surface area contributed by atoms with Gasteiger partial charge in [0, 0.05) is 18.0 Å². The molecular weight excluding hydrogens is 474 g/mol. The zero-order valence-electron chi connectivity index (χ0n) is 19.8. The lowest BCUT2D eigenvalue weighted by Gasteiger charge is -2.20. The average molecular weight is 498 g/mol. The molecule has 0 saturated carbocycles. The van der Waals surface area contributed by atoms with E-state index in [9.17, 15) is 4.79 Å². The second-order valence-corrected chi connectivity index (χ2v) is 9.04. The number of nitrogens with one attached hydrogen (secondary N) is 1. The number of nitrogens with zero attached hydrogens (tertiary/aromatic N) is 4. The van der Waals surface area contributed by atoms with E-state index in [0.717, 1.165) is 11.1 Å². The minimum Gasteiger partial charge on any atom is -0.490 e. The zero-order valence-corrected chi connectivity index (χ0v) is 20.6. The maximum absolute atomic E-state index is 12.8. The first kappa shape index (κ1) is 23.5. The quantitative estimate of drug-likeness (QED) is 0.459. The first-order chi connectivity index (χ1) is 17.5. The summed E-state index contributed by atoms with van der Waals surface area (Å²) in [4.78, 5) is 21.1. The van der Waals surface area contributed by atoms with Crippen molar-refractivity contribution in [2.24, 2.45) is 10.1 Å². The van der Waals surface area contributed by atoms with Gasteiger partial charge in [0.25, 0.3) is 5.91 Å². The molecule has 5 rings (SSSR count). The molecule has 180 valence electrons. The maximum atomic E-state index is 12.8. The number of rotatable bonds is 7. The fourth-order valence-corrected chi connectivity index (χ4v) is 4.49. The average Bonchev–Trinajstić information content (AvgIpc) is 3.32. The molecule has 2 aliphatic rings. The molecule has 0 spiro atoms. The Bertz CT molecular complexity index is 1420. The van der Waals surface area contributed by atoms with Crippen LogP contribution in [0, 0.1) is 12.3 Å². The topological polar surface area (TPSA) is 100 Å². The number of aliphatic imine (C=N–C) groups is 1. The number of fused-ring (bicyclic) bond motifs is 1. The van der Waals surface area contributed by atoms with Gasteiger partial charge in [0.1, 0.15) is 11.7 Å². The largest absolute Gasteiger partial charge is 0.490 e. The molecule has 0 bridgehead atoms. The Morgan fingerprint density at radius 2 is 1.92 bits per heavy atom. The van der Waals surface area contributed by atoms with Crippen LogP contribution in [-0.4, -0.2) is 38.6 Å². The molecule has 0 radical (unpaired) electrons. The number of ether oxygens (including phenoxy) is 2. The summed E-state index contributed by atoms with van der Waals surface area (Å²) in [5, 5.41) is 15.5. The molecule has 0 atom stereocenters. The molecule has 0 unspecified atom stereocenters. The summed E-state index contributed by atoms with van der Waals surface area (Å²) in [6, 6.07) is 17.3. The van der Waals surface area contributed by atoms with Crippen LogP contribution in [0.3, 0.4) is 0 Å². The normalized spacial score (nSPS) is 16.1. The van der Waals surface area contributed by atoms with E-state index in [-0.39, 0.29) is 11.4 Å². The summed E-state index contributed by atoms with van der Waals surface area (Å²) in [5.41, 5.74) is 3.88. The highest BCUT2D eigenvalue weighted by molar-refractivity contribution is 8.27. The van der Waals surface area contributed by atoms with E-state index in [1.807, 2.05) is 62.4 Å². The van der Waals surface area contributed by atoms with Gasteiger partial charge in [-0.05, 0) is 67.1 Å². The standard InChI is InChI=1S/C27H23N5O3S/c1-3-34-23-14-19(10-11-22(23)35-16-18-8-6-17(2)7-9-18)13-21-24(28)32-27(30-25(21)33)36-26(31-32)20-5-4-12-29-15-20/h4-15,28H,3,16H2,1-2H3/b21-13-,28-24?. The van der Waals surface area contributed by atoms with E-state index in [2.05, 4.69) is 15.1 Å². The Morgan fingerprint density at radius 3 is 2.67 bits per heavy atom. The second kappa shape index (κ2) is 10.2. The van der Waals surface area contributed by atoms with Crippen LogP contribution in [0.15, 0.2) is 82.7 Å². The Morgan fingerprint density at radius 1 is 1.08 bits per heavy atom. The highest BCUT2D eigenvalue weighted by Crippen LogP contribution is 2.33. The third-order valence-corrected chi connectivity index (χ3v) is 6.41. The molecular formula is C27H23N5O3S. The van der Waals surface area contributed by atoms with Crippen molar-refractivity contribution >= 4 is 39.8 Å². The van der Waals surface area contributed by atoms with Crippen LogP contribution in [0.2, 0.25) is 0 Å². The van der Waals surface area contributed by atoms with Gasteiger partial charge in [-0.1, -0.05) is 35.9 Å². The lowest BCUT2D eigenvalue weighted by Crippen LogP contribution is -2.35. The van der Waals surface area contributed by atoms with Crippen molar-refractivity contribution in [2.45, 2.75) is 20.5 Å². The first-order valence-corrected chi connectivity index (χ1v) is 12.2. The predicted molar refractivity (Wildman–Crippen MR) is 141 cm³/mol. The Kier molecular flexibility index (Phi) is 6.64. The SMILES string of the molecule is CCOc1cc(/C=C2/C(=N)N3N=C(c4cccnc4)SC3=NC2=O)ccc1OCc1ccc(C)cc1. The molecule has 2 aliphatic heterocycles. The number of pyridine rings is 1. The van der Waals surface area contributed by atoms with E-state index in [1.165, 1.54) is 22.3 Å². The second-order valence-electron chi connectivity index (χ2n) is 8.08. The molecule has 1 N–H and O–H groups in total. The van der Waals surface area contributed by atoms with Crippen LogP contribution in [0.5, 0.6) is 11.5 Å². The van der Waals surface area contributed by atoms with E-state index >= 15 is 0 Å². The van der Waals surface area contributed by atoms with Crippen LogP contribution in [-0.2, 0) is 11.4 Å². The number of benzene rings is 2. The van der Waals surface area contributed by atoms with Crippen molar-refractivity contribution < 1.29 is 14.3 Å². The summed E-state index contributed by atoms with van der Waals surface area (Å²) in [6.45, 7) is 4.81. The van der Waals surface area contributed by atoms with Crippen molar-refractivity contribution in [2.75, 3.05) is 6.61 Å². The summed E-state index contributed by atoms with van der Waals surface area (Å²) in [7, 11) is 0. The molecule has 1 aromatic heterocycles. The fourth-order valence-electron chi connectivity index (χ4n) is 3.61. The summed E-state index contributed by atoms with van der Waals surface area (Å²) in [6.07, 6.45) is 4.99. The zero-order chi connectivity index (χ0) is 25.1. The minimum absolute atomic E-state index is 0.0333. The van der Waals surface area contributed by atoms with E-state index in [4.69, 9.17) is 14.9 Å². The van der Waals surface area contributed by atoms with Crippen molar-refractivity contribution in [1.29, 1.82) is 5.41 Å². The molecule has 8 nitrogen and oxygen atoms in total. The number of aryl methyl sites for hydroxylation is 1. The van der Waals surface area contributed by atoms with Crippen molar-refractivity contribution in [1.82, 2.24) is 9.99 Å². The smallest absolute Gasteiger partial charge is 0.283 e. The van der Waals surface area contributed by atoms with Gasteiger partial charge in [0.05, 0.1) is 12.2 Å². The molecule has 0 saturated heterocycles. The number of aromatic nitrogens is 1. The van der Waals surface area contributed by atoms with Crippen molar-refractivity contribution in [3.05, 3.63) is 94.8 Å². The highest BCUT2D eigenvalue weighted by atomic mass is 32.2. The van der Waals surface area contributed by atoms with Crippen LogP contribution in [0.4, 0.5) is 0 Å². The molecule has 0 aliphatic carbocycles. The molecule has 9 heteroatoms. The first-order valence-electron chi connectivity index (χ1n) is 11.4. The molecule has 3 heterocycles. The summed E-state index contributed by atoms with van der Waals surface area (Å²) in [5.74, 6) is 0.645. The number of carbonyl (C=O) groups excluding carboxylic acids is 1. The number of thioether (sulfide) groups is 1. The monoisotopic (exact) mass is 497 g/mol. The predicted octanol–water partition coefficient (Wildman–Crippen LogP) is 5.04. The van der Waals surface area contributed by atoms with Gasteiger partial charge in [0.15, 0.2) is 17.3 Å². The Balaban J connectivity index is 1.38. The Labute approximate surface area is 212 Å². The van der Waals surface area contributed by atoms with E-state index in [0.29, 0.717) is 40.5 Å². The minimum atomic E-state index is -0.487.